The van der Waals surface area contributed by atoms with Crippen molar-refractivity contribution >= 4 is 11.3 Å². The molecule has 1 aromatic heterocycles. The van der Waals surface area contributed by atoms with Crippen molar-refractivity contribution < 1.29 is 0 Å². The lowest BCUT2D eigenvalue weighted by Gasteiger charge is -2.19. The number of rotatable bonds is 2. The van der Waals surface area contributed by atoms with E-state index >= 15 is 0 Å². The van der Waals surface area contributed by atoms with Crippen molar-refractivity contribution in [3.63, 3.8) is 0 Å². The fraction of sp³-hybridized carbons (Fsp3) is 0.700. The first-order chi connectivity index (χ1) is 6.29. The second-order valence-corrected chi connectivity index (χ2v) is 5.08. The molecule has 0 spiro atoms. The first kappa shape index (κ1) is 9.16. The van der Waals surface area contributed by atoms with Crippen molar-refractivity contribution in [1.82, 2.24) is 4.98 Å². The molecule has 72 valence electrons. The Kier molecular flexibility index (Phi) is 2.65. The second-order valence-electron chi connectivity index (χ2n) is 3.79. The minimum atomic E-state index is 0.817. The summed E-state index contributed by atoms with van der Waals surface area (Å²) < 4.78 is 0. The molecule has 1 atom stereocenters. The standard InChI is InChI=1S/C10H16N2S/c1-7-12-9-3-2-8(4-5-11)6-10(9)13-7/h8H,2-6,11H2,1H3. The monoisotopic (exact) mass is 196 g/mol. The fourth-order valence-electron chi connectivity index (χ4n) is 2.05. The molecule has 0 saturated heterocycles. The summed E-state index contributed by atoms with van der Waals surface area (Å²) in [7, 11) is 0. The zero-order chi connectivity index (χ0) is 9.26. The highest BCUT2D eigenvalue weighted by atomic mass is 32.1. The van der Waals surface area contributed by atoms with Gasteiger partial charge in [0.05, 0.1) is 10.7 Å². The maximum atomic E-state index is 5.57. The third kappa shape index (κ3) is 1.92. The number of aryl methyl sites for hydroxylation is 2. The molecule has 13 heavy (non-hydrogen) atoms. The van der Waals surface area contributed by atoms with Crippen molar-refractivity contribution in [1.29, 1.82) is 0 Å². The summed E-state index contributed by atoms with van der Waals surface area (Å²) in [5.41, 5.74) is 6.93. The number of nitrogens with zero attached hydrogens (tertiary/aromatic N) is 1. The zero-order valence-corrected chi connectivity index (χ0v) is 8.86. The zero-order valence-electron chi connectivity index (χ0n) is 8.05. The van der Waals surface area contributed by atoms with E-state index in [-0.39, 0.29) is 0 Å². The second kappa shape index (κ2) is 3.76. The Labute approximate surface area is 83.2 Å². The van der Waals surface area contributed by atoms with Gasteiger partial charge in [0.15, 0.2) is 0 Å². The van der Waals surface area contributed by atoms with Crippen LogP contribution in [0.25, 0.3) is 0 Å². The van der Waals surface area contributed by atoms with E-state index in [9.17, 15) is 0 Å². The lowest BCUT2D eigenvalue weighted by atomic mass is 9.89. The molecular formula is C10H16N2S. The van der Waals surface area contributed by atoms with Crippen LogP contribution in [0.4, 0.5) is 0 Å². The number of hydrogen-bond donors (Lipinski definition) is 1. The molecule has 0 fully saturated rings. The van der Waals surface area contributed by atoms with Gasteiger partial charge in [-0.1, -0.05) is 0 Å². The third-order valence-corrected chi connectivity index (χ3v) is 3.76. The normalized spacial score (nSPS) is 21.5. The fourth-order valence-corrected chi connectivity index (χ4v) is 3.15. The summed E-state index contributed by atoms with van der Waals surface area (Å²) in [6.07, 6.45) is 4.85. The number of fused-ring (bicyclic) bond motifs is 1. The lowest BCUT2D eigenvalue weighted by molar-refractivity contribution is 0.434. The van der Waals surface area contributed by atoms with Gasteiger partial charge in [0, 0.05) is 4.88 Å². The highest BCUT2D eigenvalue weighted by molar-refractivity contribution is 7.11. The number of nitrogens with two attached hydrogens (primary N) is 1. The van der Waals surface area contributed by atoms with E-state index in [2.05, 4.69) is 11.9 Å². The van der Waals surface area contributed by atoms with Gasteiger partial charge in [-0.15, -0.1) is 11.3 Å². The van der Waals surface area contributed by atoms with Gasteiger partial charge in [0.25, 0.3) is 0 Å². The van der Waals surface area contributed by atoms with E-state index in [0.717, 1.165) is 12.5 Å². The largest absolute Gasteiger partial charge is 0.330 e. The van der Waals surface area contributed by atoms with Gasteiger partial charge >= 0.3 is 0 Å². The average Bonchev–Trinajstić information content (AvgIpc) is 2.44. The van der Waals surface area contributed by atoms with Crippen LogP contribution in [0.3, 0.4) is 0 Å². The van der Waals surface area contributed by atoms with Crippen molar-refractivity contribution in [3.8, 4) is 0 Å². The lowest BCUT2D eigenvalue weighted by Crippen LogP contribution is -2.16. The predicted octanol–water partition coefficient (Wildman–Crippen LogP) is 1.91. The van der Waals surface area contributed by atoms with Crippen LogP contribution >= 0.6 is 11.3 Å². The van der Waals surface area contributed by atoms with Crippen LogP contribution < -0.4 is 5.73 Å². The quantitative estimate of drug-likeness (QED) is 0.784. The molecule has 0 radical (unpaired) electrons. The molecule has 1 aliphatic carbocycles. The highest BCUT2D eigenvalue weighted by Gasteiger charge is 2.20. The van der Waals surface area contributed by atoms with Crippen molar-refractivity contribution in [2.24, 2.45) is 11.7 Å². The topological polar surface area (TPSA) is 38.9 Å². The van der Waals surface area contributed by atoms with Crippen LogP contribution in [-0.2, 0) is 12.8 Å². The molecule has 0 amide bonds. The number of thiazole rings is 1. The Bertz CT molecular complexity index is 293. The van der Waals surface area contributed by atoms with Crippen LogP contribution in [0.1, 0.15) is 28.4 Å². The summed E-state index contributed by atoms with van der Waals surface area (Å²) in [6, 6.07) is 0. The van der Waals surface area contributed by atoms with E-state index < -0.39 is 0 Å². The molecule has 0 bridgehead atoms. The molecule has 2 nitrogen and oxygen atoms in total. The van der Waals surface area contributed by atoms with Gasteiger partial charge in [0.2, 0.25) is 0 Å². The van der Waals surface area contributed by atoms with Crippen LogP contribution in [0.2, 0.25) is 0 Å². The molecular weight excluding hydrogens is 180 g/mol. The Morgan fingerprint density at radius 2 is 2.46 bits per heavy atom. The van der Waals surface area contributed by atoms with Gasteiger partial charge in [-0.2, -0.15) is 0 Å². The predicted molar refractivity (Wildman–Crippen MR) is 56.0 cm³/mol. The van der Waals surface area contributed by atoms with Gasteiger partial charge in [0.1, 0.15) is 0 Å². The van der Waals surface area contributed by atoms with Gasteiger partial charge in [-0.3, -0.25) is 0 Å². The minimum absolute atomic E-state index is 0.817. The maximum absolute atomic E-state index is 5.57. The molecule has 1 aromatic rings. The Morgan fingerprint density at radius 1 is 1.62 bits per heavy atom. The molecule has 1 aliphatic rings. The van der Waals surface area contributed by atoms with E-state index in [1.54, 1.807) is 0 Å². The molecule has 0 aromatic carbocycles. The van der Waals surface area contributed by atoms with E-state index in [0.29, 0.717) is 0 Å². The molecule has 2 N–H and O–H groups in total. The summed E-state index contributed by atoms with van der Waals surface area (Å²) in [5, 5.41) is 1.22. The smallest absolute Gasteiger partial charge is 0.0900 e. The summed E-state index contributed by atoms with van der Waals surface area (Å²) in [6.45, 7) is 2.93. The third-order valence-electron chi connectivity index (χ3n) is 2.72. The number of aromatic nitrogens is 1. The van der Waals surface area contributed by atoms with Crippen LogP contribution in [-0.4, -0.2) is 11.5 Å². The molecule has 0 saturated carbocycles. The summed E-state index contributed by atoms with van der Waals surface area (Å²) in [5.74, 6) is 0.817. The van der Waals surface area contributed by atoms with Crippen molar-refractivity contribution in [2.45, 2.75) is 32.6 Å². The SMILES string of the molecule is Cc1nc2c(s1)CC(CCN)CC2. The van der Waals surface area contributed by atoms with Crippen LogP contribution in [0.15, 0.2) is 0 Å². The minimum Gasteiger partial charge on any atom is -0.330 e. The molecule has 1 unspecified atom stereocenters. The molecule has 2 rings (SSSR count). The molecule has 3 heteroatoms. The Balaban J connectivity index is 2.10. The van der Waals surface area contributed by atoms with E-state index in [4.69, 9.17) is 5.73 Å². The van der Waals surface area contributed by atoms with Crippen molar-refractivity contribution in [3.05, 3.63) is 15.6 Å². The van der Waals surface area contributed by atoms with E-state index in [1.807, 2.05) is 11.3 Å². The average molecular weight is 196 g/mol. The Hall–Kier alpha value is -0.410. The summed E-state index contributed by atoms with van der Waals surface area (Å²) in [4.78, 5) is 6.05. The number of hydrogen-bond acceptors (Lipinski definition) is 3. The first-order valence-electron chi connectivity index (χ1n) is 4.95. The van der Waals surface area contributed by atoms with Crippen LogP contribution in [0, 0.1) is 12.8 Å². The van der Waals surface area contributed by atoms with Crippen molar-refractivity contribution in [2.75, 3.05) is 6.54 Å². The van der Waals surface area contributed by atoms with E-state index in [1.165, 1.54) is 41.3 Å². The van der Waals surface area contributed by atoms with Crippen LogP contribution in [0.5, 0.6) is 0 Å². The maximum Gasteiger partial charge on any atom is 0.0900 e. The Morgan fingerprint density at radius 3 is 3.23 bits per heavy atom. The molecule has 0 aliphatic heterocycles. The molecule has 1 heterocycles. The first-order valence-corrected chi connectivity index (χ1v) is 5.76. The summed E-state index contributed by atoms with van der Waals surface area (Å²) >= 11 is 1.87. The highest BCUT2D eigenvalue weighted by Crippen LogP contribution is 2.30. The van der Waals surface area contributed by atoms with Gasteiger partial charge in [-0.05, 0) is 45.1 Å². The van der Waals surface area contributed by atoms with Gasteiger partial charge in [-0.25, -0.2) is 4.98 Å². The van der Waals surface area contributed by atoms with Gasteiger partial charge < -0.3 is 5.73 Å².